The van der Waals surface area contributed by atoms with Gasteiger partial charge in [-0.15, -0.1) is 0 Å². The summed E-state index contributed by atoms with van der Waals surface area (Å²) in [4.78, 5) is 0. The van der Waals surface area contributed by atoms with E-state index in [0.29, 0.717) is 0 Å². The Bertz CT molecular complexity index is 73.8. The first kappa shape index (κ1) is 44.4. The number of hydrogen-bond acceptors (Lipinski definition) is 3. The van der Waals surface area contributed by atoms with Crippen molar-refractivity contribution in [2.75, 3.05) is 0 Å². The second-order valence-electron chi connectivity index (χ2n) is 0.204. The fourth-order valence-electron chi connectivity index (χ4n) is 0. The number of rotatable bonds is 0. The summed E-state index contributed by atoms with van der Waals surface area (Å²) < 4.78 is 25.8. The molecule has 0 rings (SSSR count). The van der Waals surface area contributed by atoms with Crippen LogP contribution in [0.1, 0.15) is 0 Å². The van der Waals surface area contributed by atoms with Crippen LogP contribution in [0.25, 0.3) is 0 Å². The van der Waals surface area contributed by atoms with E-state index in [2.05, 4.69) is 0 Å². The van der Waals surface area contributed by atoms with Crippen molar-refractivity contribution >= 4 is 0 Å². The Morgan fingerprint density at radius 3 is 0.625 bits per heavy atom. The monoisotopic (exact) mass is 218 g/mol. The summed E-state index contributed by atoms with van der Waals surface area (Å²) in [6, 6.07) is 0. The van der Waals surface area contributed by atoms with Crippen LogP contribution < -0.4 is 0 Å². The molecule has 0 saturated heterocycles. The molecule has 0 aromatic heterocycles. The van der Waals surface area contributed by atoms with Gasteiger partial charge in [-0.2, -0.15) is 0 Å². The first-order chi connectivity index (χ1) is 1.73. The molecule has 0 spiro atoms. The van der Waals surface area contributed by atoms with Gasteiger partial charge >= 0.3 is 27.4 Å². The van der Waals surface area contributed by atoms with Gasteiger partial charge in [-0.05, 0) is 0 Å². The van der Waals surface area contributed by atoms with E-state index in [1.165, 1.54) is 0 Å². The van der Waals surface area contributed by atoms with Gasteiger partial charge in [0.25, 0.3) is 0 Å². The molecule has 0 unspecified atom stereocenters. The van der Waals surface area contributed by atoms with E-state index in [9.17, 15) is 0 Å². The van der Waals surface area contributed by atoms with E-state index in [1.807, 2.05) is 0 Å². The normalized spacial score (nSPS) is 3.00. The molecule has 0 amide bonds. The molecule has 0 aliphatic rings. The van der Waals surface area contributed by atoms with Gasteiger partial charge < -0.3 is 21.9 Å². The zero-order chi connectivity index (χ0) is 3.58. The van der Waals surface area contributed by atoms with E-state index in [-0.39, 0.29) is 21.9 Å². The van der Waals surface area contributed by atoms with Crippen LogP contribution in [0, 0.1) is 0 Å². The van der Waals surface area contributed by atoms with Crippen molar-refractivity contribution in [3.05, 3.63) is 0 Å². The molecule has 0 bridgehead atoms. The molecule has 7 nitrogen and oxygen atoms in total. The van der Waals surface area contributed by atoms with Crippen LogP contribution in [-0.2, 0) is 27.4 Å². The van der Waals surface area contributed by atoms with Crippen LogP contribution in [0.3, 0.4) is 0 Å². The SMILES string of the molecule is O.O.O.O.[O]=[Mo](=[O])=[O]. The van der Waals surface area contributed by atoms with Crippen LogP contribution in [0.4, 0.5) is 0 Å². The Balaban J connectivity index is -0.00000000750. The third-order valence-electron chi connectivity index (χ3n) is 0. The van der Waals surface area contributed by atoms with Gasteiger partial charge in [0.2, 0.25) is 0 Å². The van der Waals surface area contributed by atoms with Crippen molar-refractivity contribution in [3.8, 4) is 0 Å². The van der Waals surface area contributed by atoms with E-state index in [0.717, 1.165) is 0 Å². The van der Waals surface area contributed by atoms with Gasteiger partial charge in [0.1, 0.15) is 0 Å². The van der Waals surface area contributed by atoms with Crippen molar-refractivity contribution < 1.29 is 49.3 Å². The van der Waals surface area contributed by atoms with Gasteiger partial charge in [0, 0.05) is 0 Å². The third-order valence-corrected chi connectivity index (χ3v) is 0. The molecule has 0 atom stereocenters. The maximum atomic E-state index is 8.59. The second-order valence-corrected chi connectivity index (χ2v) is 1.21. The van der Waals surface area contributed by atoms with E-state index < -0.39 is 17.2 Å². The van der Waals surface area contributed by atoms with Gasteiger partial charge in [0.05, 0.1) is 0 Å². The van der Waals surface area contributed by atoms with Crippen LogP contribution >= 0.6 is 0 Å². The summed E-state index contributed by atoms with van der Waals surface area (Å²) in [6.45, 7) is 0. The molecule has 8 N–H and O–H groups in total. The summed E-state index contributed by atoms with van der Waals surface area (Å²) in [5.41, 5.74) is 0. The summed E-state index contributed by atoms with van der Waals surface area (Å²) in [6.07, 6.45) is 0. The van der Waals surface area contributed by atoms with Crippen molar-refractivity contribution in [2.24, 2.45) is 0 Å². The van der Waals surface area contributed by atoms with Crippen molar-refractivity contribution in [3.63, 3.8) is 0 Å². The minimum absolute atomic E-state index is 0. The van der Waals surface area contributed by atoms with Crippen LogP contribution in [0.15, 0.2) is 0 Å². The molecule has 0 aromatic carbocycles. The molecule has 0 fully saturated rings. The van der Waals surface area contributed by atoms with Crippen molar-refractivity contribution in [1.82, 2.24) is 0 Å². The first-order valence-electron chi connectivity index (χ1n) is 0.500. The van der Waals surface area contributed by atoms with E-state index >= 15 is 0 Å². The summed E-state index contributed by atoms with van der Waals surface area (Å²) in [5.74, 6) is 0. The predicted octanol–water partition coefficient (Wildman–Crippen LogP) is -3.66. The number of hydrogen-bond donors (Lipinski definition) is 0. The van der Waals surface area contributed by atoms with Gasteiger partial charge in [-0.1, -0.05) is 0 Å². The Labute approximate surface area is 50.0 Å². The molecule has 0 heterocycles. The van der Waals surface area contributed by atoms with Crippen LogP contribution in [-0.4, -0.2) is 21.9 Å². The van der Waals surface area contributed by atoms with Gasteiger partial charge in [-0.25, -0.2) is 0 Å². The summed E-state index contributed by atoms with van der Waals surface area (Å²) in [7, 11) is 0. The molecule has 0 aromatic rings. The average Bonchev–Trinajstić information content (AvgIpc) is 0.811. The summed E-state index contributed by atoms with van der Waals surface area (Å²) >= 11 is -4.11. The molecule has 56 valence electrons. The second kappa shape index (κ2) is 28.4. The average molecular weight is 216 g/mol. The molecular weight excluding hydrogens is 208 g/mol. The van der Waals surface area contributed by atoms with Crippen LogP contribution in [0.2, 0.25) is 0 Å². The topological polar surface area (TPSA) is 177 Å². The van der Waals surface area contributed by atoms with Gasteiger partial charge in [0.15, 0.2) is 0 Å². The fourth-order valence-corrected chi connectivity index (χ4v) is 0. The molecule has 0 radical (unpaired) electrons. The Morgan fingerprint density at radius 2 is 0.625 bits per heavy atom. The van der Waals surface area contributed by atoms with E-state index in [1.54, 1.807) is 0 Å². The standard InChI is InChI=1S/Mo.4H2O.3O/h;4*1H2;;;. The fraction of sp³-hybridized carbons (Fsp3) is 0. The molecule has 0 aliphatic carbocycles. The maximum absolute atomic E-state index is 8.59. The zero-order valence-corrected chi connectivity index (χ0v) is 5.64. The summed E-state index contributed by atoms with van der Waals surface area (Å²) in [5, 5.41) is 0. The Morgan fingerprint density at radius 1 is 0.625 bits per heavy atom. The Kier molecular flexibility index (Phi) is 158. The van der Waals surface area contributed by atoms with E-state index in [4.69, 9.17) is 10.2 Å². The first-order valence-corrected chi connectivity index (χ1v) is 2.96. The minimum atomic E-state index is -4.11. The molecule has 8 heavy (non-hydrogen) atoms. The third kappa shape index (κ3) is 28000. The molecule has 0 saturated carbocycles. The quantitative estimate of drug-likeness (QED) is 0.379. The van der Waals surface area contributed by atoms with Crippen molar-refractivity contribution in [2.45, 2.75) is 0 Å². The molecule has 0 aliphatic heterocycles. The predicted molar refractivity (Wildman–Crippen MR) is 16.5 cm³/mol. The van der Waals surface area contributed by atoms with Crippen LogP contribution in [0.5, 0.6) is 0 Å². The molecule has 8 heteroatoms. The zero-order valence-electron chi connectivity index (χ0n) is 3.63. The van der Waals surface area contributed by atoms with Crippen molar-refractivity contribution in [1.29, 1.82) is 0 Å². The molecular formula is H8MoO7. The Hall–Kier alpha value is -0.0717. The van der Waals surface area contributed by atoms with Gasteiger partial charge in [-0.3, -0.25) is 0 Å².